The number of thiazole rings is 1. The number of nitrogens with two attached hydrogens (primary N) is 1. The van der Waals surface area contributed by atoms with Gasteiger partial charge in [0.25, 0.3) is 0 Å². The van der Waals surface area contributed by atoms with Gasteiger partial charge in [-0.3, -0.25) is 0 Å². The molecular formula is C14H18N2OS2. The van der Waals surface area contributed by atoms with Crippen LogP contribution in [0.3, 0.4) is 0 Å². The fourth-order valence-corrected chi connectivity index (χ4v) is 3.33. The van der Waals surface area contributed by atoms with Crippen LogP contribution in [0.15, 0.2) is 34.1 Å². The summed E-state index contributed by atoms with van der Waals surface area (Å²) in [5.41, 5.74) is 8.25. The summed E-state index contributed by atoms with van der Waals surface area (Å²) < 4.78 is 6.75. The fourth-order valence-electron chi connectivity index (χ4n) is 1.71. The smallest absolute Gasteiger partial charge is 0.150 e. The van der Waals surface area contributed by atoms with Gasteiger partial charge in [-0.25, -0.2) is 4.98 Å². The molecule has 0 spiro atoms. The second-order valence-electron chi connectivity index (χ2n) is 4.18. The Balaban J connectivity index is 2.16. The Morgan fingerprint density at radius 3 is 2.95 bits per heavy atom. The number of nitrogens with zero attached hydrogens (tertiary/aromatic N) is 1. The Morgan fingerprint density at radius 2 is 2.32 bits per heavy atom. The van der Waals surface area contributed by atoms with Crippen LogP contribution in [0.5, 0.6) is 5.75 Å². The topological polar surface area (TPSA) is 48.1 Å². The van der Waals surface area contributed by atoms with Crippen molar-refractivity contribution in [3.8, 4) is 5.75 Å². The van der Waals surface area contributed by atoms with Crippen molar-refractivity contribution >= 4 is 23.1 Å². The first-order chi connectivity index (χ1) is 9.20. The maximum Gasteiger partial charge on any atom is 0.150 e. The van der Waals surface area contributed by atoms with Crippen LogP contribution in [0.1, 0.15) is 31.0 Å². The Labute approximate surface area is 122 Å². The second-order valence-corrected chi connectivity index (χ2v) is 6.29. The van der Waals surface area contributed by atoms with Crippen molar-refractivity contribution in [2.45, 2.75) is 30.0 Å². The van der Waals surface area contributed by atoms with E-state index in [0.717, 1.165) is 21.4 Å². The molecule has 1 aromatic carbocycles. The third-order valence-corrected chi connectivity index (χ3v) is 4.69. The van der Waals surface area contributed by atoms with E-state index in [4.69, 9.17) is 10.5 Å². The Bertz CT molecular complexity index is 512. The minimum Gasteiger partial charge on any atom is -0.494 e. The van der Waals surface area contributed by atoms with Crippen LogP contribution >= 0.6 is 23.1 Å². The summed E-state index contributed by atoms with van der Waals surface area (Å²) in [7, 11) is 0. The van der Waals surface area contributed by atoms with E-state index in [-0.39, 0.29) is 6.04 Å². The Morgan fingerprint density at radius 1 is 1.47 bits per heavy atom. The van der Waals surface area contributed by atoms with E-state index < -0.39 is 0 Å². The van der Waals surface area contributed by atoms with E-state index in [2.05, 4.69) is 11.1 Å². The summed E-state index contributed by atoms with van der Waals surface area (Å²) in [5.74, 6) is 1.79. The summed E-state index contributed by atoms with van der Waals surface area (Å²) in [4.78, 5) is 4.28. The molecule has 1 atom stereocenters. The molecule has 1 aromatic heterocycles. The maximum absolute atomic E-state index is 5.94. The fraction of sp³-hybridized carbons (Fsp3) is 0.357. The first kappa shape index (κ1) is 14.4. The Hall–Kier alpha value is -1.04. The summed E-state index contributed by atoms with van der Waals surface area (Å²) in [6, 6.07) is 6.22. The SMILES string of the molecule is CCOc1ccc(C(C)N)cc1CSc1nccs1. The standard InChI is InChI=1S/C14H18N2OS2/c1-3-17-13-5-4-11(10(2)15)8-12(13)9-19-14-16-6-7-18-14/h4-8,10H,3,9,15H2,1-2H3. The molecule has 0 radical (unpaired) electrons. The van der Waals surface area contributed by atoms with Crippen molar-refractivity contribution in [3.05, 3.63) is 40.9 Å². The van der Waals surface area contributed by atoms with Crippen LogP contribution in [0, 0.1) is 0 Å². The van der Waals surface area contributed by atoms with Crippen LogP contribution < -0.4 is 10.5 Å². The predicted molar refractivity (Wildman–Crippen MR) is 81.9 cm³/mol. The van der Waals surface area contributed by atoms with Gasteiger partial charge in [-0.05, 0) is 31.5 Å². The van der Waals surface area contributed by atoms with Crippen molar-refractivity contribution in [3.63, 3.8) is 0 Å². The number of ether oxygens (including phenoxy) is 1. The van der Waals surface area contributed by atoms with Crippen molar-refractivity contribution in [2.75, 3.05) is 6.61 Å². The highest BCUT2D eigenvalue weighted by Crippen LogP contribution is 2.30. The third-order valence-electron chi connectivity index (χ3n) is 2.67. The largest absolute Gasteiger partial charge is 0.494 e. The molecule has 3 nitrogen and oxygen atoms in total. The number of hydrogen-bond acceptors (Lipinski definition) is 5. The molecule has 0 saturated heterocycles. The van der Waals surface area contributed by atoms with Gasteiger partial charge >= 0.3 is 0 Å². The lowest BCUT2D eigenvalue weighted by Gasteiger charge is -2.13. The zero-order chi connectivity index (χ0) is 13.7. The average Bonchev–Trinajstić information content (AvgIpc) is 2.90. The number of rotatable bonds is 6. The molecule has 0 aliphatic heterocycles. The van der Waals surface area contributed by atoms with Gasteiger partial charge in [-0.15, -0.1) is 11.3 Å². The molecule has 19 heavy (non-hydrogen) atoms. The van der Waals surface area contributed by atoms with Gasteiger partial charge in [0.2, 0.25) is 0 Å². The minimum absolute atomic E-state index is 0.0410. The van der Waals surface area contributed by atoms with Gasteiger partial charge in [0.1, 0.15) is 10.1 Å². The molecule has 0 aliphatic rings. The molecule has 0 amide bonds. The lowest BCUT2D eigenvalue weighted by atomic mass is 10.1. The minimum atomic E-state index is 0.0410. The lowest BCUT2D eigenvalue weighted by Crippen LogP contribution is -2.06. The molecule has 1 unspecified atom stereocenters. The van der Waals surface area contributed by atoms with Crippen LogP contribution in [-0.2, 0) is 5.75 Å². The summed E-state index contributed by atoms with van der Waals surface area (Å²) in [5, 5.41) is 1.99. The van der Waals surface area contributed by atoms with Crippen molar-refractivity contribution in [2.24, 2.45) is 5.73 Å². The van der Waals surface area contributed by atoms with E-state index >= 15 is 0 Å². The normalized spacial score (nSPS) is 12.4. The maximum atomic E-state index is 5.94. The summed E-state index contributed by atoms with van der Waals surface area (Å²) in [6.07, 6.45) is 1.83. The van der Waals surface area contributed by atoms with Crippen LogP contribution in [0.25, 0.3) is 0 Å². The molecule has 0 bridgehead atoms. The molecule has 0 fully saturated rings. The van der Waals surface area contributed by atoms with Gasteiger partial charge in [0.05, 0.1) is 6.61 Å². The van der Waals surface area contributed by atoms with Gasteiger partial charge in [0, 0.05) is 28.9 Å². The number of aromatic nitrogens is 1. The van der Waals surface area contributed by atoms with Crippen LogP contribution in [0.2, 0.25) is 0 Å². The number of hydrogen-bond donors (Lipinski definition) is 1. The van der Waals surface area contributed by atoms with Crippen LogP contribution in [-0.4, -0.2) is 11.6 Å². The van der Waals surface area contributed by atoms with E-state index in [9.17, 15) is 0 Å². The molecule has 5 heteroatoms. The molecule has 2 N–H and O–H groups in total. The van der Waals surface area contributed by atoms with E-state index in [1.165, 1.54) is 5.56 Å². The number of benzene rings is 1. The quantitative estimate of drug-likeness (QED) is 0.822. The molecule has 2 aromatic rings. The molecule has 102 valence electrons. The van der Waals surface area contributed by atoms with E-state index in [0.29, 0.717) is 6.61 Å². The average molecular weight is 294 g/mol. The molecule has 2 rings (SSSR count). The first-order valence-electron chi connectivity index (χ1n) is 6.24. The zero-order valence-corrected chi connectivity index (χ0v) is 12.8. The lowest BCUT2D eigenvalue weighted by molar-refractivity contribution is 0.337. The second kappa shape index (κ2) is 6.93. The predicted octanol–water partition coefficient (Wildman–Crippen LogP) is 3.85. The monoisotopic (exact) mass is 294 g/mol. The zero-order valence-electron chi connectivity index (χ0n) is 11.1. The van der Waals surface area contributed by atoms with Gasteiger partial charge in [-0.2, -0.15) is 0 Å². The van der Waals surface area contributed by atoms with Gasteiger partial charge in [-0.1, -0.05) is 17.8 Å². The highest BCUT2D eigenvalue weighted by atomic mass is 32.2. The van der Waals surface area contributed by atoms with E-state index in [1.54, 1.807) is 23.1 Å². The van der Waals surface area contributed by atoms with Gasteiger partial charge in [0.15, 0.2) is 0 Å². The summed E-state index contributed by atoms with van der Waals surface area (Å²) in [6.45, 7) is 4.66. The van der Waals surface area contributed by atoms with Crippen molar-refractivity contribution < 1.29 is 4.74 Å². The summed E-state index contributed by atoms with van der Waals surface area (Å²) >= 11 is 3.39. The molecule has 0 aliphatic carbocycles. The van der Waals surface area contributed by atoms with Crippen molar-refractivity contribution in [1.82, 2.24) is 4.98 Å². The van der Waals surface area contributed by atoms with Crippen molar-refractivity contribution in [1.29, 1.82) is 0 Å². The van der Waals surface area contributed by atoms with Gasteiger partial charge < -0.3 is 10.5 Å². The van der Waals surface area contributed by atoms with E-state index in [1.807, 2.05) is 37.6 Å². The highest BCUT2D eigenvalue weighted by Gasteiger charge is 2.09. The first-order valence-corrected chi connectivity index (χ1v) is 8.10. The highest BCUT2D eigenvalue weighted by molar-refractivity contribution is 8.00. The van der Waals surface area contributed by atoms with Crippen LogP contribution in [0.4, 0.5) is 0 Å². The molecule has 0 saturated carbocycles. The molecular weight excluding hydrogens is 276 g/mol. The third kappa shape index (κ3) is 3.96. The molecule has 1 heterocycles. The Kier molecular flexibility index (Phi) is 5.24. The number of thioether (sulfide) groups is 1.